The summed E-state index contributed by atoms with van der Waals surface area (Å²) in [4.78, 5) is 0. The zero-order valence-electron chi connectivity index (χ0n) is 11.8. The molecular weight excluding hydrogens is 216 g/mol. The van der Waals surface area contributed by atoms with E-state index in [9.17, 15) is 5.11 Å². The van der Waals surface area contributed by atoms with Gasteiger partial charge in [0, 0.05) is 14.2 Å². The Morgan fingerprint density at radius 2 is 1.35 bits per heavy atom. The Labute approximate surface area is 107 Å². The maximum absolute atomic E-state index is 9.73. The predicted octanol–water partition coefficient (Wildman–Crippen LogP) is 3.50. The van der Waals surface area contributed by atoms with Crippen molar-refractivity contribution >= 4 is 0 Å². The van der Waals surface area contributed by atoms with Crippen molar-refractivity contribution in [3.8, 4) is 0 Å². The third kappa shape index (κ3) is 10.7. The highest BCUT2D eigenvalue weighted by molar-refractivity contribution is 4.57. The van der Waals surface area contributed by atoms with Crippen LogP contribution in [0.1, 0.15) is 64.7 Å². The van der Waals surface area contributed by atoms with Gasteiger partial charge in [-0.05, 0) is 25.7 Å². The molecule has 3 heteroatoms. The van der Waals surface area contributed by atoms with Crippen LogP contribution in [0, 0.1) is 0 Å². The highest BCUT2D eigenvalue weighted by atomic mass is 16.7. The molecular formula is C14H30O3. The predicted molar refractivity (Wildman–Crippen MR) is 71.0 cm³/mol. The average molecular weight is 246 g/mol. The molecule has 0 bridgehead atoms. The smallest absolute Gasteiger partial charge is 0.156 e. The Kier molecular flexibility index (Phi) is 12.3. The van der Waals surface area contributed by atoms with Gasteiger partial charge in [0.2, 0.25) is 0 Å². The van der Waals surface area contributed by atoms with Crippen LogP contribution >= 0.6 is 0 Å². The third-order valence-corrected chi connectivity index (χ3v) is 3.14. The molecule has 0 fully saturated rings. The molecule has 0 aromatic carbocycles. The van der Waals surface area contributed by atoms with Gasteiger partial charge in [-0.25, -0.2) is 0 Å². The largest absolute Gasteiger partial charge is 0.393 e. The molecule has 0 saturated heterocycles. The van der Waals surface area contributed by atoms with Gasteiger partial charge >= 0.3 is 0 Å². The van der Waals surface area contributed by atoms with Gasteiger partial charge in [-0.3, -0.25) is 0 Å². The maximum Gasteiger partial charge on any atom is 0.156 e. The Morgan fingerprint density at radius 3 is 1.88 bits per heavy atom. The van der Waals surface area contributed by atoms with Crippen LogP contribution in [0.5, 0.6) is 0 Å². The second-order valence-electron chi connectivity index (χ2n) is 4.69. The first-order chi connectivity index (χ1) is 8.24. The molecule has 0 saturated carbocycles. The van der Waals surface area contributed by atoms with Crippen LogP contribution in [0.15, 0.2) is 0 Å². The summed E-state index contributed by atoms with van der Waals surface area (Å²) in [6, 6.07) is 0. The molecule has 0 amide bonds. The second-order valence-corrected chi connectivity index (χ2v) is 4.69. The van der Waals surface area contributed by atoms with E-state index in [1.54, 1.807) is 14.2 Å². The second kappa shape index (κ2) is 12.3. The summed E-state index contributed by atoms with van der Waals surface area (Å²) < 4.78 is 10.2. The van der Waals surface area contributed by atoms with Crippen molar-refractivity contribution in [2.75, 3.05) is 14.2 Å². The molecule has 1 N–H and O–H groups in total. The minimum Gasteiger partial charge on any atom is -0.393 e. The summed E-state index contributed by atoms with van der Waals surface area (Å²) >= 11 is 0. The van der Waals surface area contributed by atoms with Crippen LogP contribution in [0.2, 0.25) is 0 Å². The Morgan fingerprint density at radius 1 is 0.824 bits per heavy atom. The van der Waals surface area contributed by atoms with Crippen molar-refractivity contribution in [3.05, 3.63) is 0 Å². The fourth-order valence-corrected chi connectivity index (χ4v) is 1.97. The normalized spacial score (nSPS) is 13.2. The molecule has 0 aromatic heterocycles. The summed E-state index contributed by atoms with van der Waals surface area (Å²) in [6.45, 7) is 2.19. The first kappa shape index (κ1) is 16.9. The van der Waals surface area contributed by atoms with E-state index >= 15 is 0 Å². The van der Waals surface area contributed by atoms with Crippen molar-refractivity contribution in [3.63, 3.8) is 0 Å². The van der Waals surface area contributed by atoms with Gasteiger partial charge in [0.25, 0.3) is 0 Å². The van der Waals surface area contributed by atoms with Gasteiger partial charge < -0.3 is 14.6 Å². The minimum absolute atomic E-state index is 0.0653. The molecule has 17 heavy (non-hydrogen) atoms. The molecule has 0 radical (unpaired) electrons. The van der Waals surface area contributed by atoms with Gasteiger partial charge in [-0.15, -0.1) is 0 Å². The van der Waals surface area contributed by atoms with E-state index in [0.717, 1.165) is 44.9 Å². The van der Waals surface area contributed by atoms with E-state index in [1.807, 2.05) is 0 Å². The van der Waals surface area contributed by atoms with Gasteiger partial charge in [0.1, 0.15) is 0 Å². The van der Waals surface area contributed by atoms with Gasteiger partial charge in [0.15, 0.2) is 6.29 Å². The van der Waals surface area contributed by atoms with E-state index in [0.29, 0.717) is 0 Å². The zero-order valence-corrected chi connectivity index (χ0v) is 11.8. The fourth-order valence-electron chi connectivity index (χ4n) is 1.97. The van der Waals surface area contributed by atoms with Crippen molar-refractivity contribution < 1.29 is 14.6 Å². The lowest BCUT2D eigenvalue weighted by atomic mass is 10.0. The molecule has 0 heterocycles. The van der Waals surface area contributed by atoms with Gasteiger partial charge in [0.05, 0.1) is 6.10 Å². The zero-order chi connectivity index (χ0) is 12.9. The summed E-state index contributed by atoms with van der Waals surface area (Å²) in [5.74, 6) is 0. The van der Waals surface area contributed by atoms with Gasteiger partial charge in [-0.2, -0.15) is 0 Å². The van der Waals surface area contributed by atoms with Gasteiger partial charge in [-0.1, -0.05) is 39.0 Å². The van der Waals surface area contributed by atoms with Crippen molar-refractivity contribution in [1.29, 1.82) is 0 Å². The summed E-state index contributed by atoms with van der Waals surface area (Å²) in [5, 5.41) is 9.73. The fraction of sp³-hybridized carbons (Fsp3) is 1.00. The Hall–Kier alpha value is -0.120. The molecule has 0 spiro atoms. The first-order valence-electron chi connectivity index (χ1n) is 6.98. The molecule has 0 unspecified atom stereocenters. The van der Waals surface area contributed by atoms with Crippen LogP contribution in [0.25, 0.3) is 0 Å². The Bertz CT molecular complexity index is 146. The van der Waals surface area contributed by atoms with Crippen LogP contribution in [0.3, 0.4) is 0 Å². The highest BCUT2D eigenvalue weighted by Crippen LogP contribution is 2.13. The molecule has 0 aromatic rings. The lowest BCUT2D eigenvalue weighted by Gasteiger charge is -2.13. The number of aliphatic hydroxyl groups is 1. The van der Waals surface area contributed by atoms with Crippen molar-refractivity contribution in [2.24, 2.45) is 0 Å². The summed E-state index contributed by atoms with van der Waals surface area (Å²) in [5.41, 5.74) is 0. The minimum atomic E-state index is -0.0952. The maximum atomic E-state index is 9.73. The number of aliphatic hydroxyl groups excluding tert-OH is 1. The number of ether oxygens (including phenoxy) is 2. The van der Waals surface area contributed by atoms with E-state index < -0.39 is 0 Å². The molecule has 0 aliphatic rings. The van der Waals surface area contributed by atoms with Crippen LogP contribution < -0.4 is 0 Å². The Balaban J connectivity index is 3.26. The number of hydrogen-bond donors (Lipinski definition) is 1. The quantitative estimate of drug-likeness (QED) is 0.423. The number of hydrogen-bond acceptors (Lipinski definition) is 3. The number of rotatable bonds is 12. The molecule has 3 nitrogen and oxygen atoms in total. The van der Waals surface area contributed by atoms with Crippen LogP contribution in [0.4, 0.5) is 0 Å². The lowest BCUT2D eigenvalue weighted by molar-refractivity contribution is -0.107. The molecule has 0 aliphatic carbocycles. The SMILES string of the molecule is CCCCC[C@@H](O)CCCCCC(OC)OC. The topological polar surface area (TPSA) is 38.7 Å². The average Bonchev–Trinajstić information content (AvgIpc) is 2.34. The molecule has 1 atom stereocenters. The van der Waals surface area contributed by atoms with E-state index in [-0.39, 0.29) is 12.4 Å². The number of unbranched alkanes of at least 4 members (excludes halogenated alkanes) is 4. The number of methoxy groups -OCH3 is 2. The van der Waals surface area contributed by atoms with E-state index in [1.165, 1.54) is 12.8 Å². The monoisotopic (exact) mass is 246 g/mol. The molecule has 104 valence electrons. The highest BCUT2D eigenvalue weighted by Gasteiger charge is 2.06. The first-order valence-corrected chi connectivity index (χ1v) is 6.98. The van der Waals surface area contributed by atoms with Crippen LogP contribution in [-0.2, 0) is 9.47 Å². The third-order valence-electron chi connectivity index (χ3n) is 3.14. The van der Waals surface area contributed by atoms with E-state index in [2.05, 4.69) is 6.92 Å². The summed E-state index contributed by atoms with van der Waals surface area (Å²) in [7, 11) is 3.34. The lowest BCUT2D eigenvalue weighted by Crippen LogP contribution is -2.12. The summed E-state index contributed by atoms with van der Waals surface area (Å²) in [6.07, 6.45) is 9.66. The molecule has 0 aliphatic heterocycles. The van der Waals surface area contributed by atoms with Crippen molar-refractivity contribution in [2.45, 2.75) is 77.1 Å². The van der Waals surface area contributed by atoms with Crippen LogP contribution in [-0.4, -0.2) is 31.7 Å². The standard InChI is InChI=1S/C14H30O3/c1-4-5-7-10-13(15)11-8-6-9-12-14(16-2)17-3/h13-15H,4-12H2,1-3H3/t13-/m1/s1. The van der Waals surface area contributed by atoms with E-state index in [4.69, 9.17) is 9.47 Å². The molecule has 0 rings (SSSR count). The van der Waals surface area contributed by atoms with Crippen molar-refractivity contribution in [1.82, 2.24) is 0 Å².